The first kappa shape index (κ1) is 63.6. The lowest BCUT2D eigenvalue weighted by atomic mass is 10.0. The van der Waals surface area contributed by atoms with E-state index in [2.05, 4.69) is 76.2 Å². The molecule has 0 unspecified atom stereocenters. The third-order valence-electron chi connectivity index (χ3n) is 15.2. The number of hydrogen-bond donors (Lipinski definition) is 0. The van der Waals surface area contributed by atoms with Gasteiger partial charge < -0.3 is 9.47 Å². The van der Waals surface area contributed by atoms with Crippen LogP contribution in [-0.2, 0) is 9.59 Å². The zero-order valence-corrected chi connectivity index (χ0v) is 59.2. The molecule has 0 spiro atoms. The van der Waals surface area contributed by atoms with E-state index in [1.165, 1.54) is 62.0 Å². The third kappa shape index (κ3) is 14.4. The van der Waals surface area contributed by atoms with Crippen molar-refractivity contribution in [1.82, 2.24) is 29.7 Å². The Bertz CT molecular complexity index is 3960. The molecule has 22 heteroatoms. The van der Waals surface area contributed by atoms with Crippen molar-refractivity contribution in [3.8, 4) is 70.5 Å². The Balaban J connectivity index is 0.784. The fourth-order valence-electron chi connectivity index (χ4n) is 10.5. The van der Waals surface area contributed by atoms with Crippen LogP contribution < -0.4 is 9.47 Å². The Kier molecular flexibility index (Phi) is 21.5. The number of thiocarbonyl (C=S) groups is 2. The number of fused-ring (bicyclic) bond motifs is 3. The van der Waals surface area contributed by atoms with Gasteiger partial charge in [0.15, 0.2) is 20.0 Å². The minimum absolute atomic E-state index is 0.0143. The number of nitrogens with zero attached hydrogens (tertiary/aromatic N) is 6. The molecule has 88 heavy (non-hydrogen) atoms. The van der Waals surface area contributed by atoms with Gasteiger partial charge in [0.1, 0.15) is 20.1 Å². The normalized spacial score (nSPS) is 14.8. The quantitative estimate of drug-likeness (QED) is 0.0243. The molecular weight excluding hydrogens is 1330 g/mol. The fourth-order valence-corrected chi connectivity index (χ4v) is 21.5. The van der Waals surface area contributed by atoms with Gasteiger partial charge in [-0.05, 0) is 97.1 Å². The molecule has 0 atom stereocenters. The summed E-state index contributed by atoms with van der Waals surface area (Å²) in [5.74, 6) is 1.84. The number of amides is 2. The molecule has 0 saturated carbocycles. The second kappa shape index (κ2) is 29.8. The number of benzene rings is 2. The minimum Gasteiger partial charge on any atom is -0.491 e. The molecule has 10 aromatic rings. The van der Waals surface area contributed by atoms with Crippen LogP contribution >= 0.6 is 139 Å². The summed E-state index contributed by atoms with van der Waals surface area (Å²) in [5, 5.41) is 7.86. The number of aromatic nitrogens is 4. The van der Waals surface area contributed by atoms with Crippen molar-refractivity contribution in [1.29, 1.82) is 0 Å². The molecule has 8 aromatic heterocycles. The van der Waals surface area contributed by atoms with E-state index in [9.17, 15) is 9.59 Å². The average Bonchev–Trinajstić information content (AvgIpc) is 1.91. The Labute approximate surface area is 565 Å². The molecule has 0 bridgehead atoms. The molecule has 12 rings (SSSR count). The molecule has 2 aromatic carbocycles. The van der Waals surface area contributed by atoms with Crippen molar-refractivity contribution >= 4 is 202 Å². The van der Waals surface area contributed by atoms with Crippen LogP contribution in [0.3, 0.4) is 0 Å². The van der Waals surface area contributed by atoms with Gasteiger partial charge in [0, 0.05) is 77.9 Å². The van der Waals surface area contributed by atoms with E-state index in [-0.39, 0.29) is 11.8 Å². The maximum absolute atomic E-state index is 13.4. The summed E-state index contributed by atoms with van der Waals surface area (Å²) >= 11 is 27.5. The molecule has 10 heterocycles. The monoisotopic (exact) mass is 1390 g/mol. The number of carbonyl (C=O) groups excluding carboxylic acids is 2. The molecule has 2 aliphatic heterocycles. The first-order valence-corrected chi connectivity index (χ1v) is 39.3. The molecule has 2 aliphatic rings. The number of rotatable bonds is 30. The number of thioether (sulfide) groups is 2. The second-order valence-electron chi connectivity index (χ2n) is 21.7. The molecule has 2 saturated heterocycles. The summed E-state index contributed by atoms with van der Waals surface area (Å²) in [7, 11) is 0. The zero-order valence-electron chi connectivity index (χ0n) is 49.4. The summed E-state index contributed by atoms with van der Waals surface area (Å²) in [4.78, 5) is 62.1. The molecular formula is C66H66N6O4S12. The topological polar surface area (TPSA) is 111 Å². The van der Waals surface area contributed by atoms with Crippen molar-refractivity contribution in [2.45, 2.75) is 130 Å². The number of unbranched alkanes of at least 4 members (excludes halogenated alkanes) is 12. The van der Waals surface area contributed by atoms with Crippen molar-refractivity contribution in [3.63, 3.8) is 0 Å². The van der Waals surface area contributed by atoms with Crippen LogP contribution in [-0.4, -0.2) is 76.5 Å². The molecule has 10 nitrogen and oxygen atoms in total. The Morgan fingerprint density at radius 3 is 1.17 bits per heavy atom. The van der Waals surface area contributed by atoms with E-state index < -0.39 is 0 Å². The maximum atomic E-state index is 13.4. The van der Waals surface area contributed by atoms with E-state index in [0.717, 1.165) is 175 Å². The molecule has 0 N–H and O–H groups in total. The van der Waals surface area contributed by atoms with E-state index in [4.69, 9.17) is 53.8 Å². The number of ether oxygens (including phenoxy) is 2. The summed E-state index contributed by atoms with van der Waals surface area (Å²) in [6, 6.07) is 17.6. The lowest BCUT2D eigenvalue weighted by Crippen LogP contribution is -2.28. The number of thiazole rings is 4. The summed E-state index contributed by atoms with van der Waals surface area (Å²) in [6.07, 6.45) is 29.6. The fraction of sp³-hybridized carbons (Fsp3) is 0.364. The van der Waals surface area contributed by atoms with Gasteiger partial charge in [-0.2, -0.15) is 0 Å². The van der Waals surface area contributed by atoms with Crippen LogP contribution in [0.4, 0.5) is 0 Å². The van der Waals surface area contributed by atoms with Crippen LogP contribution in [0.1, 0.15) is 140 Å². The van der Waals surface area contributed by atoms with Crippen molar-refractivity contribution in [2.24, 2.45) is 0 Å². The van der Waals surface area contributed by atoms with Crippen molar-refractivity contribution in [3.05, 3.63) is 92.9 Å². The SMILES string of the molecule is CCCCCCCN1C(=O)/C(=C/c2ccc(-c3cnc(-c4ncc(-c5cc6cc7c(OCCCCC)c8sc(-c9cnc(-c%10ncc(-c%11ccc(/C=C%12\SC(=S)N(CCCCCCC)C%12=O)s%11)s%10)s9)cc8cc7c(OCCCCC)c6s5)s4)s3)s2)SC1=S. The maximum Gasteiger partial charge on any atom is 0.266 e. The number of hydrogen-bond acceptors (Lipinski definition) is 20. The van der Waals surface area contributed by atoms with E-state index in [0.29, 0.717) is 44.8 Å². The van der Waals surface area contributed by atoms with Gasteiger partial charge >= 0.3 is 0 Å². The highest BCUT2D eigenvalue weighted by Gasteiger charge is 2.33. The lowest BCUT2D eigenvalue weighted by molar-refractivity contribution is -0.123. The highest BCUT2D eigenvalue weighted by molar-refractivity contribution is 8.27. The zero-order chi connectivity index (χ0) is 60.7. The highest BCUT2D eigenvalue weighted by atomic mass is 32.2. The summed E-state index contributed by atoms with van der Waals surface area (Å²) < 4.78 is 17.4. The third-order valence-corrected chi connectivity index (χ3v) is 27.4. The van der Waals surface area contributed by atoms with Crippen LogP contribution in [0, 0.1) is 0 Å². The smallest absolute Gasteiger partial charge is 0.266 e. The van der Waals surface area contributed by atoms with Crippen LogP contribution in [0.2, 0.25) is 0 Å². The predicted molar refractivity (Wildman–Crippen MR) is 393 cm³/mol. The summed E-state index contributed by atoms with van der Waals surface area (Å²) in [6.45, 7) is 11.5. The van der Waals surface area contributed by atoms with Gasteiger partial charge in [-0.1, -0.05) is 153 Å². The van der Waals surface area contributed by atoms with E-state index in [1.807, 2.05) is 36.9 Å². The predicted octanol–water partition coefficient (Wildman–Crippen LogP) is 22.7. The summed E-state index contributed by atoms with van der Waals surface area (Å²) in [5.41, 5.74) is 0. The number of carbonyl (C=O) groups is 2. The molecule has 0 aliphatic carbocycles. The van der Waals surface area contributed by atoms with Gasteiger partial charge in [0.2, 0.25) is 0 Å². The highest BCUT2D eigenvalue weighted by Crippen LogP contribution is 2.52. The van der Waals surface area contributed by atoms with Gasteiger partial charge in [0.25, 0.3) is 11.8 Å². The molecule has 456 valence electrons. The Morgan fingerprint density at radius 2 is 0.784 bits per heavy atom. The Hall–Kier alpha value is -4.56. The van der Waals surface area contributed by atoms with Crippen molar-refractivity contribution < 1.29 is 19.1 Å². The second-order valence-corrected chi connectivity index (χ2v) is 33.5. The van der Waals surface area contributed by atoms with Gasteiger partial charge in [-0.25, -0.2) is 19.9 Å². The van der Waals surface area contributed by atoms with Gasteiger partial charge in [-0.3, -0.25) is 19.4 Å². The van der Waals surface area contributed by atoms with Crippen LogP contribution in [0.25, 0.3) is 102 Å². The number of thiophene rings is 4. The van der Waals surface area contributed by atoms with Crippen LogP contribution in [0.15, 0.2) is 83.1 Å². The Morgan fingerprint density at radius 1 is 0.420 bits per heavy atom. The molecule has 0 radical (unpaired) electrons. The van der Waals surface area contributed by atoms with Gasteiger partial charge in [0.05, 0.1) is 51.9 Å². The van der Waals surface area contributed by atoms with E-state index in [1.54, 1.807) is 100 Å². The first-order chi connectivity index (χ1) is 43.1. The largest absolute Gasteiger partial charge is 0.491 e. The van der Waals surface area contributed by atoms with E-state index >= 15 is 0 Å². The van der Waals surface area contributed by atoms with Crippen LogP contribution in [0.5, 0.6) is 11.5 Å². The standard InChI is InChI=1S/C66H66N6O4S12/c1-5-9-13-15-17-25-71-63(73)49(87-65(71)77)33-41-21-23-45(79-41)51-35-67-59(83-51)61-69-37-53(85-61)47-31-39-29-43-44(55(57(39)81-47)75-27-19-11-7-3)30-40-32-48(82-58(40)56(43)76-28-20-12-8-4)54-38-70-62(86-54)60-68-36-52(84-60)46-24-22-42(80-46)34-50-64(74)72(66(78)88-50)26-18-16-14-10-6-2/h21-24,29-38H,5-20,25-28H2,1-4H3/b49-33-,50-34-. The first-order valence-electron chi connectivity index (χ1n) is 30.4. The lowest BCUT2D eigenvalue weighted by Gasteiger charge is -2.15. The van der Waals surface area contributed by atoms with Gasteiger partial charge in [-0.15, -0.1) is 90.7 Å². The van der Waals surface area contributed by atoms with Crippen molar-refractivity contribution in [2.75, 3.05) is 26.3 Å². The minimum atomic E-state index is 0.0143. The molecule has 2 amide bonds. The molecule has 2 fully saturated rings. The average molecular weight is 1390 g/mol.